The first-order valence-electron chi connectivity index (χ1n) is 6.72. The maximum Gasteiger partial charge on any atom is 0.249 e. The van der Waals surface area contributed by atoms with Gasteiger partial charge in [-0.25, -0.2) is 10.3 Å². The van der Waals surface area contributed by atoms with Crippen LogP contribution in [0, 0.1) is 0 Å². The van der Waals surface area contributed by atoms with Crippen molar-refractivity contribution in [3.63, 3.8) is 0 Å². The largest absolute Gasteiger partial charge is 0.356 e. The zero-order valence-corrected chi connectivity index (χ0v) is 11.0. The van der Waals surface area contributed by atoms with Gasteiger partial charge >= 0.3 is 0 Å². The number of benzene rings is 1. The molecule has 0 spiro atoms. The molecule has 20 heavy (non-hydrogen) atoms. The van der Waals surface area contributed by atoms with Gasteiger partial charge in [-0.3, -0.25) is 4.79 Å². The lowest BCUT2D eigenvalue weighted by Crippen LogP contribution is -2.33. The summed E-state index contributed by atoms with van der Waals surface area (Å²) in [5.41, 5.74) is 3.69. The van der Waals surface area contributed by atoms with Crippen LogP contribution in [0.25, 0.3) is 11.0 Å². The van der Waals surface area contributed by atoms with E-state index < -0.39 is 0 Å². The van der Waals surface area contributed by atoms with Gasteiger partial charge in [0.25, 0.3) is 0 Å². The molecule has 1 amide bonds. The third-order valence-electron chi connectivity index (χ3n) is 3.22. The highest BCUT2D eigenvalue weighted by Crippen LogP contribution is 2.18. The van der Waals surface area contributed by atoms with Crippen molar-refractivity contribution in [1.29, 1.82) is 0 Å². The molecule has 2 heterocycles. The molecule has 1 aliphatic heterocycles. The van der Waals surface area contributed by atoms with Crippen LogP contribution in [0.1, 0.15) is 25.0 Å². The van der Waals surface area contributed by atoms with E-state index in [4.69, 9.17) is 14.1 Å². The van der Waals surface area contributed by atoms with Crippen molar-refractivity contribution in [1.82, 2.24) is 10.6 Å². The number of nitrogens with one attached hydrogen (secondary N) is 1. The van der Waals surface area contributed by atoms with E-state index in [1.165, 1.54) is 0 Å². The fourth-order valence-electron chi connectivity index (χ4n) is 2.19. The lowest BCUT2D eigenvalue weighted by Gasteiger charge is -2.21. The summed E-state index contributed by atoms with van der Waals surface area (Å²) in [4.78, 5) is 17.0. The van der Waals surface area contributed by atoms with Crippen molar-refractivity contribution in [2.75, 3.05) is 6.61 Å². The van der Waals surface area contributed by atoms with Crippen LogP contribution in [0.4, 0.5) is 0 Å². The normalized spacial score (nSPS) is 19.1. The van der Waals surface area contributed by atoms with Gasteiger partial charge in [-0.15, -0.1) is 0 Å². The molecule has 0 radical (unpaired) electrons. The van der Waals surface area contributed by atoms with Gasteiger partial charge in [0, 0.05) is 18.4 Å². The van der Waals surface area contributed by atoms with Crippen LogP contribution in [0.5, 0.6) is 0 Å². The fourth-order valence-corrected chi connectivity index (χ4v) is 2.19. The van der Waals surface area contributed by atoms with Gasteiger partial charge in [0.2, 0.25) is 5.91 Å². The first kappa shape index (κ1) is 13.1. The number of aromatic nitrogens is 1. The highest BCUT2D eigenvalue weighted by Gasteiger charge is 2.17. The van der Waals surface area contributed by atoms with Gasteiger partial charge in [-0.05, 0) is 25.0 Å². The highest BCUT2D eigenvalue weighted by molar-refractivity contribution is 5.85. The second kappa shape index (κ2) is 6.02. The topological polar surface area (TPSA) is 73.6 Å². The molecule has 0 aliphatic carbocycles. The van der Waals surface area contributed by atoms with E-state index in [0.29, 0.717) is 17.9 Å². The summed E-state index contributed by atoms with van der Waals surface area (Å²) < 4.78 is 10.5. The minimum atomic E-state index is -0.346. The minimum absolute atomic E-state index is 0.115. The van der Waals surface area contributed by atoms with Crippen LogP contribution in [0.15, 0.2) is 28.8 Å². The number of hydrogen-bond donors (Lipinski definition) is 1. The lowest BCUT2D eigenvalue weighted by atomic mass is 10.2. The number of ether oxygens (including phenoxy) is 1. The molecule has 1 fully saturated rings. The monoisotopic (exact) mass is 276 g/mol. The second-order valence-electron chi connectivity index (χ2n) is 4.74. The first-order chi connectivity index (χ1) is 9.83. The van der Waals surface area contributed by atoms with Gasteiger partial charge < -0.3 is 9.26 Å². The summed E-state index contributed by atoms with van der Waals surface area (Å²) in [5.74, 6) is -0.266. The second-order valence-corrected chi connectivity index (χ2v) is 4.74. The Morgan fingerprint density at radius 2 is 2.30 bits per heavy atom. The van der Waals surface area contributed by atoms with E-state index in [9.17, 15) is 4.79 Å². The molecule has 6 heteroatoms. The third kappa shape index (κ3) is 2.97. The fraction of sp³-hybridized carbons (Fsp3) is 0.429. The summed E-state index contributed by atoms with van der Waals surface area (Å²) >= 11 is 0. The number of para-hydroxylation sites is 1. The summed E-state index contributed by atoms with van der Waals surface area (Å²) in [6.07, 6.45) is 2.66. The smallest absolute Gasteiger partial charge is 0.249 e. The maximum atomic E-state index is 11.8. The number of hydroxylamine groups is 1. The van der Waals surface area contributed by atoms with Gasteiger partial charge in [0.15, 0.2) is 11.9 Å². The predicted molar refractivity (Wildman–Crippen MR) is 70.5 cm³/mol. The van der Waals surface area contributed by atoms with Crippen LogP contribution in [0.2, 0.25) is 0 Å². The number of nitrogens with zero attached hydrogens (tertiary/aromatic N) is 1. The predicted octanol–water partition coefficient (Wildman–Crippen LogP) is 1.94. The average molecular weight is 276 g/mol. The van der Waals surface area contributed by atoms with Crippen LogP contribution < -0.4 is 5.48 Å². The zero-order chi connectivity index (χ0) is 13.8. The molecule has 2 aromatic rings. The molecule has 106 valence electrons. The third-order valence-corrected chi connectivity index (χ3v) is 3.22. The zero-order valence-electron chi connectivity index (χ0n) is 11.0. The molecule has 6 nitrogen and oxygen atoms in total. The van der Waals surface area contributed by atoms with E-state index in [0.717, 1.165) is 24.6 Å². The van der Waals surface area contributed by atoms with Crippen LogP contribution >= 0.6 is 0 Å². The van der Waals surface area contributed by atoms with E-state index >= 15 is 0 Å². The first-order valence-corrected chi connectivity index (χ1v) is 6.72. The molecule has 0 saturated carbocycles. The molecule has 1 aliphatic rings. The van der Waals surface area contributed by atoms with Crippen molar-refractivity contribution in [3.05, 3.63) is 30.0 Å². The minimum Gasteiger partial charge on any atom is -0.356 e. The average Bonchev–Trinajstić information content (AvgIpc) is 2.90. The Labute approximate surface area is 116 Å². The molecule has 1 aromatic carbocycles. The molecule has 1 N–H and O–H groups in total. The van der Waals surface area contributed by atoms with Crippen LogP contribution in [0.3, 0.4) is 0 Å². The van der Waals surface area contributed by atoms with Crippen molar-refractivity contribution < 1.29 is 18.9 Å². The number of carbonyl (C=O) groups excluding carboxylic acids is 1. The SMILES string of the molecule is O=C(Cc1noc2ccccc12)NO[C@@H]1CCCCO1. The van der Waals surface area contributed by atoms with Gasteiger partial charge in [-0.1, -0.05) is 17.3 Å². The molecule has 0 bridgehead atoms. The molecular formula is C14H16N2O4. The van der Waals surface area contributed by atoms with E-state index in [1.807, 2.05) is 24.3 Å². The number of amides is 1. The van der Waals surface area contributed by atoms with Crippen LogP contribution in [-0.2, 0) is 20.8 Å². The quantitative estimate of drug-likeness (QED) is 0.864. The number of carbonyl (C=O) groups is 1. The van der Waals surface area contributed by atoms with E-state index in [2.05, 4.69) is 10.6 Å². The van der Waals surface area contributed by atoms with Crippen molar-refractivity contribution >= 4 is 16.9 Å². The van der Waals surface area contributed by atoms with Gasteiger partial charge in [-0.2, -0.15) is 0 Å². The van der Waals surface area contributed by atoms with Gasteiger partial charge in [0.05, 0.1) is 6.42 Å². The van der Waals surface area contributed by atoms with Gasteiger partial charge in [0.1, 0.15) is 5.69 Å². The molecule has 1 atom stereocenters. The summed E-state index contributed by atoms with van der Waals surface area (Å²) in [6, 6.07) is 7.43. The summed E-state index contributed by atoms with van der Waals surface area (Å²) in [6.45, 7) is 0.675. The molecule has 3 rings (SSSR count). The molecule has 0 unspecified atom stereocenters. The highest BCUT2D eigenvalue weighted by atomic mass is 16.8. The lowest BCUT2D eigenvalue weighted by molar-refractivity contribution is -0.200. The Balaban J connectivity index is 1.55. The Morgan fingerprint density at radius 1 is 1.40 bits per heavy atom. The molecule has 1 aromatic heterocycles. The number of rotatable bonds is 4. The number of fused-ring (bicyclic) bond motifs is 1. The summed E-state index contributed by atoms with van der Waals surface area (Å²) in [7, 11) is 0. The Morgan fingerprint density at radius 3 is 3.15 bits per heavy atom. The van der Waals surface area contributed by atoms with Crippen molar-refractivity contribution in [3.8, 4) is 0 Å². The molecule has 1 saturated heterocycles. The van der Waals surface area contributed by atoms with E-state index in [-0.39, 0.29) is 18.6 Å². The Hall–Kier alpha value is -1.92. The Bertz CT molecular complexity index is 590. The van der Waals surface area contributed by atoms with Crippen LogP contribution in [-0.4, -0.2) is 24.0 Å². The standard InChI is InChI=1S/C14H16N2O4/c17-13(16-20-14-7-3-4-8-18-14)9-11-10-5-1-2-6-12(10)19-15-11/h1-2,5-6,14H,3-4,7-9H2,(H,16,17)/t14-/m1/s1. The summed E-state index contributed by atoms with van der Waals surface area (Å²) in [5, 5.41) is 4.75. The molecular weight excluding hydrogens is 260 g/mol. The van der Waals surface area contributed by atoms with Crippen molar-refractivity contribution in [2.24, 2.45) is 0 Å². The van der Waals surface area contributed by atoms with Crippen molar-refractivity contribution in [2.45, 2.75) is 32.0 Å². The van der Waals surface area contributed by atoms with E-state index in [1.54, 1.807) is 0 Å². The Kier molecular flexibility index (Phi) is 3.94. The maximum absolute atomic E-state index is 11.8. The number of hydrogen-bond acceptors (Lipinski definition) is 5.